The zero-order valence-corrected chi connectivity index (χ0v) is 28.5. The molecular formula is C35H38ClF2N5O6. The lowest BCUT2D eigenvalue weighted by Gasteiger charge is -2.42. The number of anilines is 1. The Hall–Kier alpha value is -4.07. The Morgan fingerprint density at radius 3 is 2.49 bits per heavy atom. The maximum atomic E-state index is 16.9. The molecule has 4 aromatic rings. The summed E-state index contributed by atoms with van der Waals surface area (Å²) >= 11 is 6.47. The molecule has 1 N–H and O–H groups in total. The van der Waals surface area contributed by atoms with Gasteiger partial charge in [-0.3, -0.25) is 9.88 Å². The number of amides is 1. The summed E-state index contributed by atoms with van der Waals surface area (Å²) in [7, 11) is 1.48. The fourth-order valence-electron chi connectivity index (χ4n) is 6.71. The van der Waals surface area contributed by atoms with Crippen LogP contribution in [0.25, 0.3) is 32.9 Å². The summed E-state index contributed by atoms with van der Waals surface area (Å²) in [6, 6.07) is 5.64. The van der Waals surface area contributed by atoms with Gasteiger partial charge in [-0.25, -0.2) is 13.6 Å². The molecule has 2 unspecified atom stereocenters. The normalized spacial score (nSPS) is 19.8. The summed E-state index contributed by atoms with van der Waals surface area (Å²) in [4.78, 5) is 30.8. The molecule has 4 heterocycles. The SMILES string of the molecule is COCOc1cc(-c2ncc3c(N4CC5CCC(C4)N5C(=O)OC(C)(C)C)nc(OCC4(CO)CC4)nc3c2F)c2c(Cl)c(F)ccc2c1. The van der Waals surface area contributed by atoms with Crippen molar-refractivity contribution in [2.45, 2.75) is 64.1 Å². The maximum Gasteiger partial charge on any atom is 0.410 e. The average Bonchev–Trinajstić information content (AvgIpc) is 3.80. The molecule has 3 aliphatic rings. The number of ether oxygens (including phenoxy) is 4. The van der Waals surface area contributed by atoms with Crippen molar-refractivity contribution < 1.29 is 37.6 Å². The summed E-state index contributed by atoms with van der Waals surface area (Å²) in [6.45, 7) is 6.45. The molecule has 260 valence electrons. The second-order valence-electron chi connectivity index (χ2n) is 14.1. The summed E-state index contributed by atoms with van der Waals surface area (Å²) in [5.41, 5.74) is -0.970. The van der Waals surface area contributed by atoms with Crippen molar-refractivity contribution in [3.05, 3.63) is 47.1 Å². The average molecular weight is 698 g/mol. The van der Waals surface area contributed by atoms with E-state index < -0.39 is 17.2 Å². The lowest BCUT2D eigenvalue weighted by Crippen LogP contribution is -2.57. The number of hydrogen-bond donors (Lipinski definition) is 1. The standard InChI is InChI=1S/C35H38ClF2N5O6/c1-34(2,3)49-33(45)43-20-6-7-21(43)15-42(14-20)31-24-13-39-29(28(38)30(24)40-32(41-31)47-17-35(16-44)9-10-35)23-12-22(48-18-46-4)11-19-5-8-25(37)27(36)26(19)23/h5,8,11-13,20-21,44H,6-7,9-10,14-18H2,1-4H3. The van der Waals surface area contributed by atoms with Crippen LogP contribution < -0.4 is 14.4 Å². The van der Waals surface area contributed by atoms with E-state index in [2.05, 4.69) is 9.97 Å². The first-order valence-corrected chi connectivity index (χ1v) is 16.7. The minimum Gasteiger partial charge on any atom is -0.468 e. The quantitative estimate of drug-likeness (QED) is 0.194. The molecule has 2 saturated heterocycles. The molecule has 0 spiro atoms. The molecule has 0 radical (unpaired) electrons. The van der Waals surface area contributed by atoms with E-state index in [1.165, 1.54) is 31.5 Å². The van der Waals surface area contributed by atoms with Crippen LogP contribution in [-0.2, 0) is 9.47 Å². The van der Waals surface area contributed by atoms with Gasteiger partial charge in [0.2, 0.25) is 0 Å². The van der Waals surface area contributed by atoms with Gasteiger partial charge in [-0.2, -0.15) is 9.97 Å². The molecule has 2 aromatic carbocycles. The van der Waals surface area contributed by atoms with Crippen LogP contribution in [0.1, 0.15) is 46.5 Å². The molecule has 1 saturated carbocycles. The number of aromatic nitrogens is 3. The fourth-order valence-corrected chi connectivity index (χ4v) is 6.99. The number of rotatable bonds is 9. The highest BCUT2D eigenvalue weighted by molar-refractivity contribution is 6.37. The Morgan fingerprint density at radius 2 is 1.84 bits per heavy atom. The molecule has 7 rings (SSSR count). The zero-order valence-electron chi connectivity index (χ0n) is 27.8. The number of carbonyl (C=O) groups excluding carboxylic acids is 1. The van der Waals surface area contributed by atoms with Gasteiger partial charge in [0, 0.05) is 42.8 Å². The number of aliphatic hydroxyl groups is 1. The smallest absolute Gasteiger partial charge is 0.410 e. The van der Waals surface area contributed by atoms with E-state index in [9.17, 15) is 14.3 Å². The van der Waals surface area contributed by atoms with Crippen molar-refractivity contribution in [3.8, 4) is 23.0 Å². The number of halogens is 3. The van der Waals surface area contributed by atoms with E-state index in [0.29, 0.717) is 35.4 Å². The number of piperazine rings is 1. The number of carbonyl (C=O) groups is 1. The van der Waals surface area contributed by atoms with Crippen molar-refractivity contribution >= 4 is 45.2 Å². The topological polar surface area (TPSA) is 119 Å². The number of nitrogens with zero attached hydrogens (tertiary/aromatic N) is 5. The minimum atomic E-state index is -0.782. The molecule has 1 amide bonds. The van der Waals surface area contributed by atoms with Gasteiger partial charge in [-0.05, 0) is 70.0 Å². The summed E-state index contributed by atoms with van der Waals surface area (Å²) in [5.74, 6) is -0.688. The molecule has 49 heavy (non-hydrogen) atoms. The van der Waals surface area contributed by atoms with Gasteiger partial charge in [-0.1, -0.05) is 17.7 Å². The predicted octanol–water partition coefficient (Wildman–Crippen LogP) is 6.50. The van der Waals surface area contributed by atoms with Crippen LogP contribution in [-0.4, -0.2) is 88.9 Å². The zero-order chi connectivity index (χ0) is 34.7. The summed E-state index contributed by atoms with van der Waals surface area (Å²) < 4.78 is 54.2. The molecule has 3 fully saturated rings. The van der Waals surface area contributed by atoms with Gasteiger partial charge in [0.15, 0.2) is 12.6 Å². The second-order valence-corrected chi connectivity index (χ2v) is 14.5. The molecule has 2 aromatic heterocycles. The highest BCUT2D eigenvalue weighted by atomic mass is 35.5. The first kappa shape index (κ1) is 33.4. The van der Waals surface area contributed by atoms with Crippen molar-refractivity contribution in [2.24, 2.45) is 5.41 Å². The van der Waals surface area contributed by atoms with Crippen LogP contribution in [0.4, 0.5) is 19.4 Å². The third-order valence-corrected chi connectivity index (χ3v) is 9.78. The van der Waals surface area contributed by atoms with Crippen LogP contribution in [0, 0.1) is 17.0 Å². The second kappa shape index (κ2) is 12.7. The van der Waals surface area contributed by atoms with E-state index in [1.54, 1.807) is 6.07 Å². The first-order chi connectivity index (χ1) is 23.4. The Balaban J connectivity index is 1.33. The number of benzene rings is 2. The van der Waals surface area contributed by atoms with Crippen LogP contribution in [0.5, 0.6) is 11.8 Å². The number of hydrogen-bond acceptors (Lipinski definition) is 10. The molecule has 1 aliphatic carbocycles. The van der Waals surface area contributed by atoms with Crippen molar-refractivity contribution in [3.63, 3.8) is 0 Å². The van der Waals surface area contributed by atoms with E-state index in [-0.39, 0.29) is 76.8 Å². The van der Waals surface area contributed by atoms with E-state index >= 15 is 4.39 Å². The Morgan fingerprint density at radius 1 is 1.10 bits per heavy atom. The fraction of sp³-hybridized carbons (Fsp3) is 0.486. The van der Waals surface area contributed by atoms with Gasteiger partial charge in [0.1, 0.15) is 34.2 Å². The van der Waals surface area contributed by atoms with Gasteiger partial charge in [0.25, 0.3) is 0 Å². The van der Waals surface area contributed by atoms with E-state index in [1.807, 2.05) is 30.6 Å². The van der Waals surface area contributed by atoms with Gasteiger partial charge in [0.05, 0.1) is 35.7 Å². The summed E-state index contributed by atoms with van der Waals surface area (Å²) in [5, 5.41) is 10.8. The molecule has 11 nitrogen and oxygen atoms in total. The van der Waals surface area contributed by atoms with E-state index in [4.69, 9.17) is 35.5 Å². The number of methoxy groups -OCH3 is 1. The molecular weight excluding hydrogens is 660 g/mol. The molecule has 2 atom stereocenters. The lowest BCUT2D eigenvalue weighted by molar-refractivity contribution is 0.0122. The third kappa shape index (κ3) is 6.39. The number of pyridine rings is 1. The highest BCUT2D eigenvalue weighted by Gasteiger charge is 2.46. The largest absolute Gasteiger partial charge is 0.468 e. The summed E-state index contributed by atoms with van der Waals surface area (Å²) in [6.07, 6.45) is 4.31. The Labute approximate surface area is 287 Å². The van der Waals surface area contributed by atoms with E-state index in [0.717, 1.165) is 25.7 Å². The van der Waals surface area contributed by atoms with Crippen LogP contribution >= 0.6 is 11.6 Å². The first-order valence-electron chi connectivity index (χ1n) is 16.3. The maximum absolute atomic E-state index is 16.9. The van der Waals surface area contributed by atoms with Gasteiger partial charge in [-0.15, -0.1) is 0 Å². The van der Waals surface area contributed by atoms with Gasteiger partial charge >= 0.3 is 12.1 Å². The minimum absolute atomic E-state index is 0.0439. The number of aliphatic hydroxyl groups excluding tert-OH is 1. The Bertz CT molecular complexity index is 1920. The van der Waals surface area contributed by atoms with Crippen molar-refractivity contribution in [1.29, 1.82) is 0 Å². The van der Waals surface area contributed by atoms with Crippen LogP contribution in [0.2, 0.25) is 5.02 Å². The van der Waals surface area contributed by atoms with Crippen LogP contribution in [0.3, 0.4) is 0 Å². The van der Waals surface area contributed by atoms with Crippen molar-refractivity contribution in [1.82, 2.24) is 19.9 Å². The highest BCUT2D eigenvalue weighted by Crippen LogP contribution is 2.46. The monoisotopic (exact) mass is 697 g/mol. The Kier molecular flexibility index (Phi) is 8.65. The predicted molar refractivity (Wildman–Crippen MR) is 179 cm³/mol. The third-order valence-electron chi connectivity index (χ3n) is 9.41. The van der Waals surface area contributed by atoms with Crippen LogP contribution in [0.15, 0.2) is 30.5 Å². The number of fused-ring (bicyclic) bond motifs is 4. The molecule has 2 aliphatic heterocycles. The van der Waals surface area contributed by atoms with Gasteiger partial charge < -0.3 is 29.0 Å². The molecule has 14 heteroatoms. The molecule has 2 bridgehead atoms. The lowest BCUT2D eigenvalue weighted by atomic mass is 9.99. The van der Waals surface area contributed by atoms with Crippen molar-refractivity contribution in [2.75, 3.05) is 45.1 Å².